The third-order valence-electron chi connectivity index (χ3n) is 3.21. The molecule has 0 radical (unpaired) electrons. The van der Waals surface area contributed by atoms with Crippen molar-refractivity contribution in [3.63, 3.8) is 0 Å². The van der Waals surface area contributed by atoms with E-state index in [9.17, 15) is 9.90 Å². The standard InChI is InChI=1S/C18H18INO3/c1-2-23-18(22)20(19)16(14-9-5-3-6-10-14)13-17(21)15-11-7-4-8-12-15/h3-13,16,21H,2H2,1H3/b17-13-. The molecule has 2 aromatic rings. The van der Waals surface area contributed by atoms with Gasteiger partial charge in [0.1, 0.15) is 5.76 Å². The van der Waals surface area contributed by atoms with Crippen molar-refractivity contribution in [3.05, 3.63) is 77.9 Å². The fraction of sp³-hybridized carbons (Fsp3) is 0.167. The predicted octanol–water partition coefficient (Wildman–Crippen LogP) is 5.14. The van der Waals surface area contributed by atoms with Gasteiger partial charge >= 0.3 is 6.09 Å². The number of hydrogen-bond acceptors (Lipinski definition) is 3. The van der Waals surface area contributed by atoms with E-state index in [1.54, 1.807) is 13.0 Å². The number of carbonyl (C=O) groups excluding carboxylic acids is 1. The Morgan fingerprint density at radius 3 is 2.30 bits per heavy atom. The Kier molecular flexibility index (Phi) is 6.46. The van der Waals surface area contributed by atoms with Crippen molar-refractivity contribution in [1.29, 1.82) is 0 Å². The summed E-state index contributed by atoms with van der Waals surface area (Å²) in [5.41, 5.74) is 1.58. The lowest BCUT2D eigenvalue weighted by molar-refractivity contribution is 0.133. The summed E-state index contributed by atoms with van der Waals surface area (Å²) >= 11 is 1.91. The SMILES string of the molecule is CCOC(=O)N(I)C(/C=C(\O)c1ccccc1)c1ccccc1. The molecule has 5 heteroatoms. The number of nitrogens with zero attached hydrogens (tertiary/aromatic N) is 1. The largest absolute Gasteiger partial charge is 0.508 e. The van der Waals surface area contributed by atoms with Gasteiger partial charge in [-0.3, -0.25) is 0 Å². The van der Waals surface area contributed by atoms with Crippen LogP contribution in [-0.4, -0.2) is 20.9 Å². The van der Waals surface area contributed by atoms with Crippen LogP contribution in [0.25, 0.3) is 5.76 Å². The van der Waals surface area contributed by atoms with Crippen LogP contribution >= 0.6 is 22.9 Å². The zero-order valence-electron chi connectivity index (χ0n) is 12.7. The second-order valence-electron chi connectivity index (χ2n) is 4.78. The third kappa shape index (κ3) is 4.72. The lowest BCUT2D eigenvalue weighted by Crippen LogP contribution is -2.26. The maximum Gasteiger partial charge on any atom is 0.419 e. The molecule has 0 fully saturated rings. The van der Waals surface area contributed by atoms with Gasteiger partial charge in [0.2, 0.25) is 0 Å². The van der Waals surface area contributed by atoms with E-state index >= 15 is 0 Å². The number of aliphatic hydroxyl groups excluding tert-OH is 1. The Morgan fingerprint density at radius 2 is 1.74 bits per heavy atom. The summed E-state index contributed by atoms with van der Waals surface area (Å²) in [4.78, 5) is 12.1. The van der Waals surface area contributed by atoms with Gasteiger partial charge in [-0.25, -0.2) is 7.91 Å². The van der Waals surface area contributed by atoms with Crippen molar-refractivity contribution in [2.75, 3.05) is 6.61 Å². The van der Waals surface area contributed by atoms with Gasteiger partial charge < -0.3 is 9.84 Å². The van der Waals surface area contributed by atoms with E-state index < -0.39 is 12.1 Å². The zero-order valence-corrected chi connectivity index (χ0v) is 14.9. The van der Waals surface area contributed by atoms with E-state index in [0.29, 0.717) is 12.2 Å². The number of hydrogen-bond donors (Lipinski definition) is 1. The van der Waals surface area contributed by atoms with E-state index in [4.69, 9.17) is 4.74 Å². The predicted molar refractivity (Wildman–Crippen MR) is 99.1 cm³/mol. The average Bonchev–Trinajstić information content (AvgIpc) is 2.60. The molecule has 0 spiro atoms. The molecule has 1 amide bonds. The lowest BCUT2D eigenvalue weighted by atomic mass is 10.0. The van der Waals surface area contributed by atoms with Crippen molar-refractivity contribution >= 4 is 34.7 Å². The number of benzene rings is 2. The van der Waals surface area contributed by atoms with Gasteiger partial charge in [-0.15, -0.1) is 0 Å². The highest BCUT2D eigenvalue weighted by atomic mass is 127. The Bertz CT molecular complexity index is 658. The van der Waals surface area contributed by atoms with Crippen LogP contribution in [-0.2, 0) is 4.74 Å². The quantitative estimate of drug-likeness (QED) is 0.412. The topological polar surface area (TPSA) is 49.8 Å². The molecule has 120 valence electrons. The summed E-state index contributed by atoms with van der Waals surface area (Å²) in [5, 5.41) is 10.4. The van der Waals surface area contributed by atoms with Crippen LogP contribution in [0.3, 0.4) is 0 Å². The number of aliphatic hydroxyl groups is 1. The van der Waals surface area contributed by atoms with Crippen LogP contribution in [0, 0.1) is 0 Å². The summed E-state index contributed by atoms with van der Waals surface area (Å²) < 4.78 is 6.50. The Hall–Kier alpha value is -2.02. The zero-order chi connectivity index (χ0) is 16.7. The maximum atomic E-state index is 12.1. The smallest absolute Gasteiger partial charge is 0.419 e. The lowest BCUT2D eigenvalue weighted by Gasteiger charge is -2.23. The number of amides is 1. The van der Waals surface area contributed by atoms with Gasteiger partial charge in [0.05, 0.1) is 35.5 Å². The molecule has 0 aliphatic heterocycles. The molecule has 23 heavy (non-hydrogen) atoms. The highest BCUT2D eigenvalue weighted by Gasteiger charge is 2.23. The first-order valence-electron chi connectivity index (χ1n) is 7.26. The van der Waals surface area contributed by atoms with E-state index in [2.05, 4.69) is 0 Å². The Morgan fingerprint density at radius 1 is 1.17 bits per heavy atom. The van der Waals surface area contributed by atoms with Crippen molar-refractivity contribution in [1.82, 2.24) is 3.11 Å². The highest BCUT2D eigenvalue weighted by molar-refractivity contribution is 14.1. The molecule has 0 aromatic heterocycles. The third-order valence-corrected chi connectivity index (χ3v) is 4.21. The maximum absolute atomic E-state index is 12.1. The van der Waals surface area contributed by atoms with Crippen LogP contribution in [0.15, 0.2) is 66.7 Å². The van der Waals surface area contributed by atoms with Crippen molar-refractivity contribution in [2.45, 2.75) is 13.0 Å². The summed E-state index contributed by atoms with van der Waals surface area (Å²) in [6, 6.07) is 18.3. The first-order valence-corrected chi connectivity index (χ1v) is 8.23. The van der Waals surface area contributed by atoms with Gasteiger partial charge in [0.25, 0.3) is 0 Å². The first kappa shape index (κ1) is 17.3. The van der Waals surface area contributed by atoms with Gasteiger partial charge in [-0.1, -0.05) is 60.7 Å². The molecule has 1 atom stereocenters. The molecule has 4 nitrogen and oxygen atoms in total. The Balaban J connectivity index is 2.36. The molecular formula is C18H18INO3. The van der Waals surface area contributed by atoms with Crippen LogP contribution in [0.4, 0.5) is 4.79 Å². The van der Waals surface area contributed by atoms with Crippen LogP contribution < -0.4 is 0 Å². The van der Waals surface area contributed by atoms with E-state index in [1.807, 2.05) is 83.5 Å². The van der Waals surface area contributed by atoms with E-state index in [1.165, 1.54) is 3.11 Å². The molecule has 0 saturated carbocycles. The van der Waals surface area contributed by atoms with Crippen LogP contribution in [0.2, 0.25) is 0 Å². The van der Waals surface area contributed by atoms with Gasteiger partial charge in [-0.05, 0) is 18.6 Å². The summed E-state index contributed by atoms with van der Waals surface area (Å²) in [7, 11) is 0. The molecule has 1 N–H and O–H groups in total. The monoisotopic (exact) mass is 423 g/mol. The molecule has 2 rings (SSSR count). The normalized spacial score (nSPS) is 12.5. The fourth-order valence-electron chi connectivity index (χ4n) is 2.10. The second-order valence-corrected chi connectivity index (χ2v) is 5.82. The number of ether oxygens (including phenoxy) is 1. The summed E-state index contributed by atoms with van der Waals surface area (Å²) in [6.07, 6.45) is 1.20. The molecular weight excluding hydrogens is 405 g/mol. The van der Waals surface area contributed by atoms with E-state index in [-0.39, 0.29) is 5.76 Å². The van der Waals surface area contributed by atoms with Gasteiger partial charge in [-0.2, -0.15) is 0 Å². The van der Waals surface area contributed by atoms with Crippen LogP contribution in [0.5, 0.6) is 0 Å². The minimum absolute atomic E-state index is 0.116. The van der Waals surface area contributed by atoms with Crippen molar-refractivity contribution in [3.8, 4) is 0 Å². The van der Waals surface area contributed by atoms with E-state index in [0.717, 1.165) is 5.56 Å². The molecule has 0 saturated heterocycles. The molecule has 0 bridgehead atoms. The summed E-state index contributed by atoms with van der Waals surface area (Å²) in [5.74, 6) is 0.116. The second kappa shape index (κ2) is 8.57. The average molecular weight is 423 g/mol. The van der Waals surface area contributed by atoms with Gasteiger partial charge in [0, 0.05) is 5.56 Å². The number of halogens is 1. The van der Waals surface area contributed by atoms with Crippen molar-refractivity contribution < 1.29 is 14.6 Å². The molecule has 0 aliphatic rings. The molecule has 0 aliphatic carbocycles. The minimum Gasteiger partial charge on any atom is -0.508 e. The van der Waals surface area contributed by atoms with Crippen molar-refractivity contribution in [2.24, 2.45) is 0 Å². The molecule has 2 aromatic carbocycles. The number of carbonyl (C=O) groups is 1. The fourth-order valence-corrected chi connectivity index (χ4v) is 2.72. The number of rotatable bonds is 5. The first-order chi connectivity index (χ1) is 11.1. The summed E-state index contributed by atoms with van der Waals surface area (Å²) in [6.45, 7) is 2.06. The minimum atomic E-state index is -0.445. The molecule has 0 heterocycles. The Labute approximate surface area is 149 Å². The van der Waals surface area contributed by atoms with Crippen LogP contribution in [0.1, 0.15) is 24.1 Å². The molecule has 1 unspecified atom stereocenters. The highest BCUT2D eigenvalue weighted by Crippen LogP contribution is 2.29. The van der Waals surface area contributed by atoms with Gasteiger partial charge in [0.15, 0.2) is 0 Å².